The molecule has 9 heteroatoms. The van der Waals surface area contributed by atoms with E-state index in [4.69, 9.17) is 14.2 Å². The van der Waals surface area contributed by atoms with Gasteiger partial charge in [0.25, 0.3) is 5.91 Å². The van der Waals surface area contributed by atoms with Crippen LogP contribution in [0.2, 0.25) is 0 Å². The lowest BCUT2D eigenvalue weighted by molar-refractivity contribution is -0.116. The number of ketones is 1. The van der Waals surface area contributed by atoms with Gasteiger partial charge in [0.2, 0.25) is 5.75 Å². The summed E-state index contributed by atoms with van der Waals surface area (Å²) in [7, 11) is 4.63. The maximum Gasteiger partial charge on any atom is 0.255 e. The highest BCUT2D eigenvalue weighted by Gasteiger charge is 2.41. The molecule has 0 bridgehead atoms. The number of methoxy groups -OCH3 is 3. The number of carbonyl (C=O) groups is 2. The number of ether oxygens (including phenoxy) is 3. The van der Waals surface area contributed by atoms with Crippen LogP contribution in [0.5, 0.6) is 17.2 Å². The molecule has 202 valence electrons. The van der Waals surface area contributed by atoms with Gasteiger partial charge in [0, 0.05) is 51.4 Å². The molecule has 39 heavy (non-hydrogen) atoms. The summed E-state index contributed by atoms with van der Waals surface area (Å²) >= 11 is 1.66. The van der Waals surface area contributed by atoms with E-state index in [1.54, 1.807) is 38.7 Å². The van der Waals surface area contributed by atoms with Crippen molar-refractivity contribution in [3.05, 3.63) is 86.5 Å². The summed E-state index contributed by atoms with van der Waals surface area (Å²) in [6, 6.07) is 13.2. The molecule has 2 aliphatic rings. The maximum atomic E-state index is 13.9. The van der Waals surface area contributed by atoms with Crippen molar-refractivity contribution in [1.82, 2.24) is 10.3 Å². The maximum absolute atomic E-state index is 13.9. The van der Waals surface area contributed by atoms with Crippen LogP contribution < -0.4 is 24.8 Å². The molecule has 2 N–H and O–H groups in total. The molecule has 0 radical (unpaired) electrons. The minimum absolute atomic E-state index is 0.00684. The second kappa shape index (κ2) is 10.9. The summed E-state index contributed by atoms with van der Waals surface area (Å²) in [6.45, 7) is 3.73. The van der Waals surface area contributed by atoms with Gasteiger partial charge in [-0.15, -0.1) is 11.3 Å². The number of aromatic nitrogens is 1. The normalized spacial score (nSPS) is 18.8. The number of anilines is 1. The van der Waals surface area contributed by atoms with Crippen molar-refractivity contribution < 1.29 is 23.8 Å². The van der Waals surface area contributed by atoms with E-state index < -0.39 is 5.92 Å². The van der Waals surface area contributed by atoms with Crippen molar-refractivity contribution in [2.24, 2.45) is 0 Å². The van der Waals surface area contributed by atoms with Gasteiger partial charge in [-0.3, -0.25) is 9.59 Å². The zero-order valence-corrected chi connectivity index (χ0v) is 23.4. The summed E-state index contributed by atoms with van der Waals surface area (Å²) in [5.74, 6) is 0.895. The topological polar surface area (TPSA) is 98.8 Å². The molecule has 1 aliphatic carbocycles. The van der Waals surface area contributed by atoms with Crippen LogP contribution in [0, 0.1) is 6.92 Å². The predicted octanol–water partition coefficient (Wildman–Crippen LogP) is 5.48. The van der Waals surface area contributed by atoms with Gasteiger partial charge in [-0.25, -0.2) is 4.98 Å². The van der Waals surface area contributed by atoms with Crippen molar-refractivity contribution in [3.63, 3.8) is 0 Å². The zero-order chi connectivity index (χ0) is 27.7. The van der Waals surface area contributed by atoms with Gasteiger partial charge in [-0.1, -0.05) is 12.1 Å². The first-order valence-electron chi connectivity index (χ1n) is 12.7. The average molecular weight is 546 g/mol. The van der Waals surface area contributed by atoms with Crippen LogP contribution in [0.3, 0.4) is 0 Å². The van der Waals surface area contributed by atoms with E-state index in [0.29, 0.717) is 58.3 Å². The number of benzene rings is 1. The number of aryl methyl sites for hydroxylation is 1. The molecule has 0 spiro atoms. The Hall–Kier alpha value is -4.11. The smallest absolute Gasteiger partial charge is 0.255 e. The molecule has 3 heterocycles. The number of thiophene rings is 1. The fraction of sp³-hybridized carbons (Fsp3) is 0.300. The van der Waals surface area contributed by atoms with E-state index in [1.165, 1.54) is 4.88 Å². The number of amides is 1. The van der Waals surface area contributed by atoms with Gasteiger partial charge in [0.15, 0.2) is 17.3 Å². The lowest BCUT2D eigenvalue weighted by Gasteiger charge is -2.37. The number of Topliss-reactive ketones (excluding diaryl/α,β-unsaturated/α-hetero) is 1. The quantitative estimate of drug-likeness (QED) is 0.406. The Labute approximate surface area is 231 Å². The van der Waals surface area contributed by atoms with Crippen LogP contribution in [0.4, 0.5) is 5.82 Å². The van der Waals surface area contributed by atoms with Gasteiger partial charge in [-0.05, 0) is 61.5 Å². The Morgan fingerprint density at radius 2 is 1.77 bits per heavy atom. The second-order valence-corrected chi connectivity index (χ2v) is 10.6. The monoisotopic (exact) mass is 545 g/mol. The number of nitrogens with one attached hydrogen (secondary N) is 2. The van der Waals surface area contributed by atoms with Gasteiger partial charge in [0.1, 0.15) is 5.82 Å². The third kappa shape index (κ3) is 5.02. The highest BCUT2D eigenvalue weighted by molar-refractivity contribution is 7.10. The van der Waals surface area contributed by atoms with Gasteiger partial charge in [0.05, 0.1) is 21.3 Å². The largest absolute Gasteiger partial charge is 0.493 e. The average Bonchev–Trinajstić information content (AvgIpc) is 3.46. The summed E-state index contributed by atoms with van der Waals surface area (Å²) < 4.78 is 16.8. The lowest BCUT2D eigenvalue weighted by atomic mass is 9.72. The standard InChI is InChI=1S/C30H31N3O5S/c1-16-8-6-10-25(31-16)33-30(35)26-17(2)32-20-12-18(24-9-7-11-39-24)13-21(34)28(20)27(26)19-14-22(36-3)29(38-5)23(15-19)37-4/h6-11,14-15,18,27,32H,12-13H2,1-5H3,(H,31,33,35)/t18-,27+/m1/s1. The van der Waals surface area contributed by atoms with Crippen molar-refractivity contribution in [3.8, 4) is 17.2 Å². The predicted molar refractivity (Wildman–Crippen MR) is 151 cm³/mol. The molecule has 0 unspecified atom stereocenters. The van der Waals surface area contributed by atoms with Gasteiger partial charge >= 0.3 is 0 Å². The van der Waals surface area contributed by atoms with Crippen LogP contribution in [-0.2, 0) is 9.59 Å². The number of allylic oxidation sites excluding steroid dienone is 3. The van der Waals surface area contributed by atoms with Crippen LogP contribution in [0.1, 0.15) is 47.7 Å². The van der Waals surface area contributed by atoms with Crippen molar-refractivity contribution in [2.45, 2.75) is 38.5 Å². The SMILES string of the molecule is COc1cc([C@H]2C(C(=O)Nc3cccc(C)n3)=C(C)NC3=C2C(=O)C[C@H](c2cccs2)C3)cc(OC)c1OC. The molecule has 1 aromatic carbocycles. The van der Waals surface area contributed by atoms with E-state index in [0.717, 1.165) is 11.4 Å². The summed E-state index contributed by atoms with van der Waals surface area (Å²) in [4.78, 5) is 33.4. The van der Waals surface area contributed by atoms with Crippen LogP contribution in [0.25, 0.3) is 0 Å². The van der Waals surface area contributed by atoms with E-state index in [1.807, 2.05) is 49.6 Å². The molecule has 0 saturated heterocycles. The number of nitrogens with zero attached hydrogens (tertiary/aromatic N) is 1. The van der Waals surface area contributed by atoms with E-state index in [2.05, 4.69) is 21.7 Å². The number of hydrogen-bond acceptors (Lipinski definition) is 8. The third-order valence-electron chi connectivity index (χ3n) is 7.17. The third-order valence-corrected chi connectivity index (χ3v) is 8.20. The minimum Gasteiger partial charge on any atom is -0.493 e. The van der Waals surface area contributed by atoms with E-state index in [-0.39, 0.29) is 17.6 Å². The highest BCUT2D eigenvalue weighted by Crippen LogP contribution is 2.49. The van der Waals surface area contributed by atoms with Gasteiger partial charge in [-0.2, -0.15) is 0 Å². The summed E-state index contributed by atoms with van der Waals surface area (Å²) in [5.41, 5.74) is 4.03. The van der Waals surface area contributed by atoms with Crippen LogP contribution >= 0.6 is 11.3 Å². The first kappa shape index (κ1) is 26.5. The number of dihydropyridines is 1. The Bertz CT molecular complexity index is 1470. The first-order valence-corrected chi connectivity index (χ1v) is 13.5. The Morgan fingerprint density at radius 3 is 2.38 bits per heavy atom. The Balaban J connectivity index is 1.65. The summed E-state index contributed by atoms with van der Waals surface area (Å²) in [5, 5.41) is 8.39. The van der Waals surface area contributed by atoms with Crippen LogP contribution in [0.15, 0.2) is 70.4 Å². The van der Waals surface area contributed by atoms with Crippen LogP contribution in [-0.4, -0.2) is 38.0 Å². The minimum atomic E-state index is -0.642. The number of hydrogen-bond donors (Lipinski definition) is 2. The van der Waals surface area contributed by atoms with Gasteiger partial charge < -0.3 is 24.8 Å². The second-order valence-electron chi connectivity index (χ2n) is 9.61. The molecular weight excluding hydrogens is 514 g/mol. The molecule has 0 fully saturated rings. The molecule has 0 saturated carbocycles. The molecule has 3 aromatic rings. The zero-order valence-electron chi connectivity index (χ0n) is 22.6. The number of pyridine rings is 1. The Morgan fingerprint density at radius 1 is 1.03 bits per heavy atom. The number of carbonyl (C=O) groups excluding carboxylic acids is 2. The molecule has 8 nitrogen and oxygen atoms in total. The lowest BCUT2D eigenvalue weighted by Crippen LogP contribution is -2.37. The van der Waals surface area contributed by atoms with Crippen molar-refractivity contribution in [1.29, 1.82) is 0 Å². The van der Waals surface area contributed by atoms with Crippen molar-refractivity contribution >= 4 is 28.8 Å². The summed E-state index contributed by atoms with van der Waals surface area (Å²) in [6.07, 6.45) is 1.05. The number of rotatable bonds is 7. The van der Waals surface area contributed by atoms with Crippen molar-refractivity contribution in [2.75, 3.05) is 26.6 Å². The molecule has 2 aromatic heterocycles. The van der Waals surface area contributed by atoms with E-state index >= 15 is 0 Å². The first-order chi connectivity index (χ1) is 18.8. The molecule has 5 rings (SSSR count). The molecule has 2 atom stereocenters. The fourth-order valence-electron chi connectivity index (χ4n) is 5.46. The van der Waals surface area contributed by atoms with E-state index in [9.17, 15) is 9.59 Å². The fourth-order valence-corrected chi connectivity index (χ4v) is 6.29. The molecule has 1 amide bonds. The highest BCUT2D eigenvalue weighted by atomic mass is 32.1. The Kier molecular flexibility index (Phi) is 7.43. The molecular formula is C30H31N3O5S. The molecule has 1 aliphatic heterocycles.